The molecule has 5 nitrogen and oxygen atoms in total. The largest absolute Gasteiger partial charge is 0.478 e. The molecule has 7 heteroatoms. The van der Waals surface area contributed by atoms with E-state index < -0.39 is 19.0 Å². The predicted molar refractivity (Wildman–Crippen MR) is 56.5 cm³/mol. The molecule has 0 fully saturated rings. The Hall–Kier alpha value is -1.76. The molecule has 0 radical (unpaired) electrons. The normalized spacial score (nSPS) is 10.5. The maximum atomic E-state index is 11.7. The lowest BCUT2D eigenvalue weighted by molar-refractivity contribution is 0.0215. The van der Waals surface area contributed by atoms with Gasteiger partial charge in [0.25, 0.3) is 6.43 Å². The van der Waals surface area contributed by atoms with Crippen molar-refractivity contribution in [1.29, 1.82) is 0 Å². The Balaban J connectivity index is 2.39. The van der Waals surface area contributed by atoms with Crippen molar-refractivity contribution in [2.45, 2.75) is 6.43 Å². The number of carboxylic acid groups (broad SMARTS) is 1. The minimum atomic E-state index is -2.50. The quantitative estimate of drug-likeness (QED) is 0.713. The lowest BCUT2D eigenvalue weighted by Crippen LogP contribution is -2.15. The Morgan fingerprint density at radius 1 is 1.59 bits per heavy atom. The molecule has 0 aliphatic rings. The second-order valence-electron chi connectivity index (χ2n) is 3.12. The van der Waals surface area contributed by atoms with Gasteiger partial charge in [0, 0.05) is 12.7 Å². The molecule has 1 rings (SSSR count). The van der Waals surface area contributed by atoms with Crippen LogP contribution in [0.4, 0.5) is 14.5 Å². The fourth-order valence-electron chi connectivity index (χ4n) is 1.15. The van der Waals surface area contributed by atoms with Gasteiger partial charge >= 0.3 is 5.97 Å². The molecule has 1 aromatic rings. The molecule has 0 unspecified atom stereocenters. The number of ether oxygens (including phenoxy) is 1. The predicted octanol–water partition coefficient (Wildman–Crippen LogP) is 1.47. The van der Waals surface area contributed by atoms with Gasteiger partial charge in [0.15, 0.2) is 0 Å². The number of rotatable bonds is 7. The van der Waals surface area contributed by atoms with Crippen LogP contribution >= 0.6 is 0 Å². The summed E-state index contributed by atoms with van der Waals surface area (Å²) >= 11 is 0. The average molecular weight is 246 g/mol. The number of nitrogens with one attached hydrogen (secondary N) is 1. The van der Waals surface area contributed by atoms with Gasteiger partial charge in [-0.3, -0.25) is 4.98 Å². The number of carbonyl (C=O) groups is 1. The zero-order chi connectivity index (χ0) is 12.7. The van der Waals surface area contributed by atoms with Crippen LogP contribution in [-0.4, -0.2) is 42.2 Å². The Bertz CT molecular complexity index is 374. The third-order valence-corrected chi connectivity index (χ3v) is 1.86. The third-order valence-electron chi connectivity index (χ3n) is 1.86. The van der Waals surface area contributed by atoms with Crippen LogP contribution in [0.15, 0.2) is 18.5 Å². The van der Waals surface area contributed by atoms with Crippen LogP contribution in [0.3, 0.4) is 0 Å². The van der Waals surface area contributed by atoms with E-state index >= 15 is 0 Å². The van der Waals surface area contributed by atoms with Gasteiger partial charge in [0.1, 0.15) is 6.61 Å². The molecule has 0 bridgehead atoms. The number of hydrogen-bond acceptors (Lipinski definition) is 4. The van der Waals surface area contributed by atoms with E-state index in [1.807, 2.05) is 0 Å². The number of pyridine rings is 1. The molecule has 0 saturated heterocycles. The molecular weight excluding hydrogens is 234 g/mol. The average Bonchev–Trinajstić information content (AvgIpc) is 2.28. The maximum absolute atomic E-state index is 11.7. The van der Waals surface area contributed by atoms with E-state index in [9.17, 15) is 13.6 Å². The fourth-order valence-corrected chi connectivity index (χ4v) is 1.15. The minimum Gasteiger partial charge on any atom is -0.478 e. The standard InChI is InChI=1S/C10H12F2N2O3/c11-9(12)6-17-4-3-14-8-5-13-2-1-7(8)10(15)16/h1-2,5,9,14H,3-4,6H2,(H,15,16). The van der Waals surface area contributed by atoms with Gasteiger partial charge < -0.3 is 15.2 Å². The van der Waals surface area contributed by atoms with Crippen LogP contribution in [0.2, 0.25) is 0 Å². The Morgan fingerprint density at radius 2 is 2.35 bits per heavy atom. The first kappa shape index (κ1) is 13.3. The summed E-state index contributed by atoms with van der Waals surface area (Å²) < 4.78 is 28.1. The van der Waals surface area contributed by atoms with Gasteiger partial charge in [-0.05, 0) is 6.07 Å². The Morgan fingerprint density at radius 3 is 3.00 bits per heavy atom. The van der Waals surface area contributed by atoms with Gasteiger partial charge in [-0.2, -0.15) is 0 Å². The maximum Gasteiger partial charge on any atom is 0.337 e. The Labute approximate surface area is 96.4 Å². The number of aromatic nitrogens is 1. The number of alkyl halides is 2. The van der Waals surface area contributed by atoms with Crippen LogP contribution in [0.25, 0.3) is 0 Å². The molecule has 0 amide bonds. The van der Waals surface area contributed by atoms with Crippen molar-refractivity contribution >= 4 is 11.7 Å². The molecule has 0 spiro atoms. The first-order chi connectivity index (χ1) is 8.11. The van der Waals surface area contributed by atoms with E-state index in [4.69, 9.17) is 5.11 Å². The lowest BCUT2D eigenvalue weighted by atomic mass is 10.2. The van der Waals surface area contributed by atoms with E-state index in [2.05, 4.69) is 15.0 Å². The van der Waals surface area contributed by atoms with E-state index in [-0.39, 0.29) is 18.7 Å². The second-order valence-corrected chi connectivity index (χ2v) is 3.12. The molecule has 0 aromatic carbocycles. The number of nitrogens with zero attached hydrogens (tertiary/aromatic N) is 1. The molecule has 0 aliphatic carbocycles. The Kier molecular flexibility index (Phi) is 5.28. The molecular formula is C10H12F2N2O3. The van der Waals surface area contributed by atoms with Crippen LogP contribution < -0.4 is 5.32 Å². The van der Waals surface area contributed by atoms with Crippen molar-refractivity contribution in [2.75, 3.05) is 25.1 Å². The summed E-state index contributed by atoms with van der Waals surface area (Å²) in [5.41, 5.74) is 0.412. The number of anilines is 1. The summed E-state index contributed by atoms with van der Waals surface area (Å²) in [7, 11) is 0. The van der Waals surface area contributed by atoms with Crippen molar-refractivity contribution in [3.63, 3.8) is 0 Å². The van der Waals surface area contributed by atoms with Crippen LogP contribution in [0, 0.1) is 0 Å². The summed E-state index contributed by atoms with van der Waals surface area (Å²) in [6, 6.07) is 1.35. The fraction of sp³-hybridized carbons (Fsp3) is 0.400. The third kappa shape index (κ3) is 4.73. The zero-order valence-corrected chi connectivity index (χ0v) is 8.90. The number of aromatic carboxylic acids is 1. The minimum absolute atomic E-state index is 0.0678. The van der Waals surface area contributed by atoms with Gasteiger partial charge in [0.2, 0.25) is 0 Å². The van der Waals surface area contributed by atoms with Crippen LogP contribution in [-0.2, 0) is 4.74 Å². The summed E-state index contributed by atoms with van der Waals surface area (Å²) in [5, 5.41) is 11.6. The van der Waals surface area contributed by atoms with E-state index in [1.165, 1.54) is 18.5 Å². The summed E-state index contributed by atoms with van der Waals surface area (Å²) in [5.74, 6) is -1.08. The van der Waals surface area contributed by atoms with Gasteiger partial charge in [0.05, 0.1) is 24.1 Å². The van der Waals surface area contributed by atoms with Crippen molar-refractivity contribution in [3.05, 3.63) is 24.0 Å². The first-order valence-electron chi connectivity index (χ1n) is 4.88. The second kappa shape index (κ2) is 6.74. The molecule has 0 atom stereocenters. The van der Waals surface area contributed by atoms with E-state index in [1.54, 1.807) is 0 Å². The highest BCUT2D eigenvalue weighted by Gasteiger charge is 2.08. The van der Waals surface area contributed by atoms with E-state index in [0.717, 1.165) is 0 Å². The topological polar surface area (TPSA) is 71.5 Å². The summed E-state index contributed by atoms with van der Waals surface area (Å²) in [6.45, 7) is -0.322. The highest BCUT2D eigenvalue weighted by atomic mass is 19.3. The molecule has 1 aromatic heterocycles. The smallest absolute Gasteiger partial charge is 0.337 e. The molecule has 2 N–H and O–H groups in total. The number of hydrogen-bond donors (Lipinski definition) is 2. The summed E-state index contributed by atoms with van der Waals surface area (Å²) in [6.07, 6.45) is 0.223. The molecule has 94 valence electrons. The van der Waals surface area contributed by atoms with Crippen molar-refractivity contribution < 1.29 is 23.4 Å². The number of carboxylic acids is 1. The van der Waals surface area contributed by atoms with Gasteiger partial charge in [-0.15, -0.1) is 0 Å². The van der Waals surface area contributed by atoms with Crippen LogP contribution in [0.5, 0.6) is 0 Å². The lowest BCUT2D eigenvalue weighted by Gasteiger charge is -2.08. The summed E-state index contributed by atoms with van der Waals surface area (Å²) in [4.78, 5) is 14.6. The highest BCUT2D eigenvalue weighted by molar-refractivity contribution is 5.93. The van der Waals surface area contributed by atoms with Crippen LogP contribution in [0.1, 0.15) is 10.4 Å². The van der Waals surface area contributed by atoms with Crippen molar-refractivity contribution in [3.8, 4) is 0 Å². The molecule has 17 heavy (non-hydrogen) atoms. The number of halogens is 2. The molecule has 0 saturated carbocycles. The molecule has 0 aliphatic heterocycles. The van der Waals surface area contributed by atoms with Crippen molar-refractivity contribution in [1.82, 2.24) is 4.98 Å². The van der Waals surface area contributed by atoms with E-state index in [0.29, 0.717) is 5.69 Å². The molecule has 1 heterocycles. The zero-order valence-electron chi connectivity index (χ0n) is 8.90. The van der Waals surface area contributed by atoms with Gasteiger partial charge in [-0.1, -0.05) is 0 Å². The SMILES string of the molecule is O=C(O)c1ccncc1NCCOCC(F)F. The first-order valence-corrected chi connectivity index (χ1v) is 4.88. The highest BCUT2D eigenvalue weighted by Crippen LogP contribution is 2.12. The van der Waals surface area contributed by atoms with Crippen molar-refractivity contribution in [2.24, 2.45) is 0 Å². The van der Waals surface area contributed by atoms with Gasteiger partial charge in [-0.25, -0.2) is 13.6 Å². The monoisotopic (exact) mass is 246 g/mol.